The topological polar surface area (TPSA) is 73.3 Å². The lowest BCUT2D eigenvalue weighted by Gasteiger charge is -2.12. The molecule has 3 aromatic carbocycles. The molecule has 0 aliphatic rings. The molecule has 30 heavy (non-hydrogen) atoms. The Bertz CT molecular complexity index is 1200. The van der Waals surface area contributed by atoms with Gasteiger partial charge in [0.15, 0.2) is 0 Å². The monoisotopic (exact) mass is 399 g/mol. The first-order chi connectivity index (χ1) is 14.5. The van der Waals surface area contributed by atoms with E-state index in [0.29, 0.717) is 22.9 Å². The lowest BCUT2D eigenvalue weighted by Crippen LogP contribution is -2.00. The second kappa shape index (κ2) is 8.21. The molecule has 0 radical (unpaired) electrons. The highest BCUT2D eigenvalue weighted by Crippen LogP contribution is 2.28. The summed E-state index contributed by atoms with van der Waals surface area (Å²) in [6, 6.07) is 20.5. The molecule has 0 bridgehead atoms. The van der Waals surface area contributed by atoms with Crippen LogP contribution in [0.1, 0.15) is 21.7 Å². The van der Waals surface area contributed by atoms with Crippen molar-refractivity contribution in [2.45, 2.75) is 13.8 Å². The Balaban J connectivity index is 1.52. The third-order valence-corrected chi connectivity index (χ3v) is 4.67. The molecule has 1 aromatic heterocycles. The first kappa shape index (κ1) is 19.4. The minimum absolute atomic E-state index is 0.375. The number of hydrogen-bond donors (Lipinski definition) is 1. The number of benzene rings is 3. The van der Waals surface area contributed by atoms with Crippen molar-refractivity contribution in [3.05, 3.63) is 83.7 Å². The van der Waals surface area contributed by atoms with Crippen LogP contribution in [-0.2, 0) is 4.74 Å². The highest BCUT2D eigenvalue weighted by Gasteiger charge is 2.09. The van der Waals surface area contributed by atoms with Crippen LogP contribution in [0.4, 0.5) is 11.5 Å². The first-order valence-corrected chi connectivity index (χ1v) is 9.51. The van der Waals surface area contributed by atoms with Gasteiger partial charge >= 0.3 is 5.97 Å². The van der Waals surface area contributed by atoms with E-state index in [1.165, 1.54) is 7.11 Å². The Morgan fingerprint density at radius 3 is 2.20 bits per heavy atom. The van der Waals surface area contributed by atoms with E-state index in [9.17, 15) is 4.79 Å². The molecule has 4 aromatic rings. The van der Waals surface area contributed by atoms with Gasteiger partial charge in [0.25, 0.3) is 0 Å². The Labute approximate surface area is 174 Å². The molecular formula is C24H21N3O3. The van der Waals surface area contributed by atoms with Gasteiger partial charge in [0.1, 0.15) is 23.1 Å². The predicted molar refractivity (Wildman–Crippen MR) is 117 cm³/mol. The van der Waals surface area contributed by atoms with Crippen molar-refractivity contribution in [2.24, 2.45) is 0 Å². The Morgan fingerprint density at radius 1 is 0.867 bits per heavy atom. The molecule has 6 nitrogen and oxygen atoms in total. The molecule has 4 rings (SSSR count). The van der Waals surface area contributed by atoms with Gasteiger partial charge in [0.2, 0.25) is 0 Å². The third-order valence-electron chi connectivity index (χ3n) is 4.67. The summed E-state index contributed by atoms with van der Waals surface area (Å²) in [6.45, 7) is 3.93. The Morgan fingerprint density at radius 2 is 1.53 bits per heavy atom. The van der Waals surface area contributed by atoms with Gasteiger partial charge in [-0.3, -0.25) is 0 Å². The summed E-state index contributed by atoms with van der Waals surface area (Å²) in [5.74, 6) is 2.44. The summed E-state index contributed by atoms with van der Waals surface area (Å²) in [5.41, 5.74) is 3.41. The lowest BCUT2D eigenvalue weighted by molar-refractivity contribution is 0.0600. The highest BCUT2D eigenvalue weighted by atomic mass is 16.5. The number of rotatable bonds is 5. The summed E-state index contributed by atoms with van der Waals surface area (Å²) in [6.07, 6.45) is 0. The number of aromatic nitrogens is 2. The molecule has 0 saturated carbocycles. The normalized spacial score (nSPS) is 10.6. The van der Waals surface area contributed by atoms with Crippen molar-refractivity contribution in [1.82, 2.24) is 9.97 Å². The molecule has 0 fully saturated rings. The molecule has 0 spiro atoms. The van der Waals surface area contributed by atoms with Crippen molar-refractivity contribution in [2.75, 3.05) is 12.4 Å². The van der Waals surface area contributed by atoms with Crippen LogP contribution in [0.2, 0.25) is 0 Å². The number of methoxy groups -OCH3 is 1. The van der Waals surface area contributed by atoms with E-state index in [-0.39, 0.29) is 5.97 Å². The van der Waals surface area contributed by atoms with E-state index in [0.717, 1.165) is 28.0 Å². The van der Waals surface area contributed by atoms with Crippen LogP contribution in [0, 0.1) is 13.8 Å². The molecule has 0 unspecified atom stereocenters. The number of ether oxygens (including phenoxy) is 2. The minimum Gasteiger partial charge on any atom is -0.465 e. The molecule has 6 heteroatoms. The largest absolute Gasteiger partial charge is 0.465 e. The number of nitrogens with zero attached hydrogens (tertiary/aromatic N) is 2. The summed E-state index contributed by atoms with van der Waals surface area (Å²) in [7, 11) is 1.36. The first-order valence-electron chi connectivity index (χ1n) is 9.51. The standard InChI is InChI=1S/C24H21N3O3/c1-15-5-4-6-21-22(15)23(26-16(2)25-21)27-18-9-13-20(14-10-18)30-19-11-7-17(8-12-19)24(28)29-3/h4-14H,1-3H3,(H,25,26,27). The smallest absolute Gasteiger partial charge is 0.337 e. The number of aryl methyl sites for hydroxylation is 2. The summed E-state index contributed by atoms with van der Waals surface area (Å²) in [5, 5.41) is 4.40. The van der Waals surface area contributed by atoms with Crippen molar-refractivity contribution < 1.29 is 14.3 Å². The number of carbonyl (C=O) groups excluding carboxylic acids is 1. The van der Waals surface area contributed by atoms with E-state index < -0.39 is 0 Å². The van der Waals surface area contributed by atoms with Gasteiger partial charge in [-0.2, -0.15) is 0 Å². The summed E-state index contributed by atoms with van der Waals surface area (Å²) < 4.78 is 10.6. The highest BCUT2D eigenvalue weighted by molar-refractivity contribution is 5.93. The van der Waals surface area contributed by atoms with Crippen LogP contribution in [-0.4, -0.2) is 23.0 Å². The fourth-order valence-electron chi connectivity index (χ4n) is 3.22. The van der Waals surface area contributed by atoms with E-state index in [4.69, 9.17) is 9.47 Å². The van der Waals surface area contributed by atoms with Gasteiger partial charge in [-0.25, -0.2) is 14.8 Å². The number of esters is 1. The number of anilines is 2. The summed E-state index contributed by atoms with van der Waals surface area (Å²) in [4.78, 5) is 20.6. The second-order valence-electron chi connectivity index (χ2n) is 6.86. The van der Waals surface area contributed by atoms with Crippen LogP contribution in [0.25, 0.3) is 10.9 Å². The quantitative estimate of drug-likeness (QED) is 0.442. The molecule has 0 saturated heterocycles. The van der Waals surface area contributed by atoms with E-state index in [2.05, 4.69) is 28.3 Å². The van der Waals surface area contributed by atoms with E-state index in [1.54, 1.807) is 24.3 Å². The van der Waals surface area contributed by atoms with Gasteiger partial charge < -0.3 is 14.8 Å². The molecular weight excluding hydrogens is 378 g/mol. The van der Waals surface area contributed by atoms with Gasteiger partial charge in [-0.15, -0.1) is 0 Å². The molecule has 0 aliphatic carbocycles. The van der Waals surface area contributed by atoms with Gasteiger partial charge in [-0.1, -0.05) is 12.1 Å². The van der Waals surface area contributed by atoms with Crippen LogP contribution in [0.5, 0.6) is 11.5 Å². The van der Waals surface area contributed by atoms with E-state index >= 15 is 0 Å². The van der Waals surface area contributed by atoms with Crippen molar-refractivity contribution in [3.8, 4) is 11.5 Å². The number of carbonyl (C=O) groups is 1. The van der Waals surface area contributed by atoms with Crippen molar-refractivity contribution in [3.63, 3.8) is 0 Å². The maximum absolute atomic E-state index is 11.5. The lowest BCUT2D eigenvalue weighted by atomic mass is 10.1. The van der Waals surface area contributed by atoms with Crippen LogP contribution in [0.15, 0.2) is 66.7 Å². The second-order valence-corrected chi connectivity index (χ2v) is 6.86. The minimum atomic E-state index is -0.375. The molecule has 1 heterocycles. The SMILES string of the molecule is COC(=O)c1ccc(Oc2ccc(Nc3nc(C)nc4cccc(C)c34)cc2)cc1. The fraction of sp³-hybridized carbons (Fsp3) is 0.125. The van der Waals surface area contributed by atoms with Gasteiger partial charge in [0.05, 0.1) is 18.2 Å². The zero-order valence-corrected chi connectivity index (χ0v) is 17.0. The molecule has 1 N–H and O–H groups in total. The maximum atomic E-state index is 11.5. The fourth-order valence-corrected chi connectivity index (χ4v) is 3.22. The molecule has 0 aliphatic heterocycles. The van der Waals surface area contributed by atoms with Gasteiger partial charge in [0, 0.05) is 11.1 Å². The molecule has 0 atom stereocenters. The van der Waals surface area contributed by atoms with Crippen LogP contribution in [0.3, 0.4) is 0 Å². The molecule has 0 amide bonds. The number of hydrogen-bond acceptors (Lipinski definition) is 6. The average molecular weight is 399 g/mol. The van der Waals surface area contributed by atoms with Crippen LogP contribution >= 0.6 is 0 Å². The summed E-state index contributed by atoms with van der Waals surface area (Å²) >= 11 is 0. The van der Waals surface area contributed by atoms with Crippen molar-refractivity contribution >= 4 is 28.4 Å². The van der Waals surface area contributed by atoms with Gasteiger partial charge in [-0.05, 0) is 74.0 Å². The van der Waals surface area contributed by atoms with Crippen molar-refractivity contribution in [1.29, 1.82) is 0 Å². The zero-order chi connectivity index (χ0) is 21.1. The average Bonchev–Trinajstić information content (AvgIpc) is 2.75. The zero-order valence-electron chi connectivity index (χ0n) is 17.0. The van der Waals surface area contributed by atoms with Crippen LogP contribution < -0.4 is 10.1 Å². The maximum Gasteiger partial charge on any atom is 0.337 e. The Hall–Kier alpha value is -3.93. The third kappa shape index (κ3) is 4.07. The predicted octanol–water partition coefficient (Wildman–Crippen LogP) is 5.57. The van der Waals surface area contributed by atoms with E-state index in [1.807, 2.05) is 43.3 Å². The number of nitrogens with one attached hydrogen (secondary N) is 1. The number of fused-ring (bicyclic) bond motifs is 1. The molecule has 150 valence electrons. The Kier molecular flexibility index (Phi) is 5.30.